The van der Waals surface area contributed by atoms with Crippen LogP contribution in [-0.2, 0) is 16.1 Å². The summed E-state index contributed by atoms with van der Waals surface area (Å²) in [6, 6.07) is 12.5. The van der Waals surface area contributed by atoms with Crippen molar-refractivity contribution in [3.63, 3.8) is 0 Å². The number of hydrogen-bond donors (Lipinski definition) is 1. The van der Waals surface area contributed by atoms with Crippen LogP contribution in [0.3, 0.4) is 0 Å². The summed E-state index contributed by atoms with van der Waals surface area (Å²) < 4.78 is 38.1. The number of ether oxygens (including phenoxy) is 2. The Balaban J connectivity index is 1.15. The lowest BCUT2D eigenvalue weighted by atomic mass is 10.1. The van der Waals surface area contributed by atoms with Crippen molar-refractivity contribution in [1.82, 2.24) is 15.1 Å². The fourth-order valence-electron chi connectivity index (χ4n) is 4.39. The van der Waals surface area contributed by atoms with Gasteiger partial charge in [0.25, 0.3) is 0 Å². The molecular weight excluding hydrogens is 442 g/mol. The molecule has 0 aliphatic carbocycles. The molecule has 2 heterocycles. The van der Waals surface area contributed by atoms with Gasteiger partial charge in [-0.15, -0.1) is 0 Å². The third-order valence-electron chi connectivity index (χ3n) is 5.94. The molecule has 2 aliphatic heterocycles. The van der Waals surface area contributed by atoms with Gasteiger partial charge >= 0.3 is 0 Å². The Morgan fingerprint density at radius 1 is 1.09 bits per heavy atom. The van der Waals surface area contributed by atoms with Crippen LogP contribution in [0.25, 0.3) is 0 Å². The van der Waals surface area contributed by atoms with Crippen LogP contribution in [0.2, 0.25) is 0 Å². The van der Waals surface area contributed by atoms with Crippen LogP contribution in [-0.4, -0.2) is 73.8 Å². The average Bonchev–Trinajstić information content (AvgIpc) is 2.81. The van der Waals surface area contributed by atoms with Crippen LogP contribution in [0.5, 0.6) is 5.75 Å². The minimum Gasteiger partial charge on any atom is -0.490 e. The maximum atomic E-state index is 13.6. The fraction of sp³-hybridized carbons (Fsp3) is 0.440. The Morgan fingerprint density at radius 2 is 1.79 bits per heavy atom. The van der Waals surface area contributed by atoms with E-state index in [1.54, 1.807) is 12.1 Å². The molecule has 2 aromatic rings. The van der Waals surface area contributed by atoms with Crippen molar-refractivity contribution in [3.05, 3.63) is 65.2 Å². The summed E-state index contributed by atoms with van der Waals surface area (Å²) in [7, 11) is 0. The Labute approximate surface area is 197 Å². The van der Waals surface area contributed by atoms with E-state index in [9.17, 15) is 13.6 Å². The first-order valence-electron chi connectivity index (χ1n) is 11.4. The van der Waals surface area contributed by atoms with E-state index in [0.29, 0.717) is 38.3 Å². The van der Waals surface area contributed by atoms with Crippen LogP contribution < -0.4 is 10.1 Å². The Morgan fingerprint density at radius 3 is 2.47 bits per heavy atom. The summed E-state index contributed by atoms with van der Waals surface area (Å²) in [5.74, 6) is -1.29. The van der Waals surface area contributed by atoms with Crippen molar-refractivity contribution in [1.29, 1.82) is 5.26 Å². The zero-order chi connectivity index (χ0) is 23.9. The molecule has 0 radical (unpaired) electrons. The summed E-state index contributed by atoms with van der Waals surface area (Å²) in [5, 5.41) is 11.8. The molecule has 2 fully saturated rings. The minimum absolute atomic E-state index is 0.0358. The van der Waals surface area contributed by atoms with Crippen LogP contribution in [0.4, 0.5) is 8.78 Å². The molecule has 9 heteroatoms. The third kappa shape index (κ3) is 6.73. The molecular formula is C25H28F2N4O3. The molecule has 1 N–H and O–H groups in total. The van der Waals surface area contributed by atoms with Gasteiger partial charge in [-0.3, -0.25) is 14.6 Å². The van der Waals surface area contributed by atoms with E-state index >= 15 is 0 Å². The van der Waals surface area contributed by atoms with E-state index in [4.69, 9.17) is 14.7 Å². The first-order valence-corrected chi connectivity index (χ1v) is 11.4. The summed E-state index contributed by atoms with van der Waals surface area (Å²) in [4.78, 5) is 16.8. The summed E-state index contributed by atoms with van der Waals surface area (Å²) in [6.07, 6.45) is 0.793. The third-order valence-corrected chi connectivity index (χ3v) is 5.94. The van der Waals surface area contributed by atoms with Gasteiger partial charge in [0.05, 0.1) is 37.0 Å². The van der Waals surface area contributed by atoms with Crippen LogP contribution in [0.1, 0.15) is 17.5 Å². The standard InChI is InChI=1S/C25H28F2N4O3/c26-20-6-7-24(23(27)10-20)33-9-1-8-30-13-21-15-31(16-22(14-30)34-21)17-25(32)29-12-19-4-2-18(11-28)3-5-19/h2-7,10,21-22H,1,8-9,12-17H2,(H,29,32). The predicted octanol–water partition coefficient (Wildman–Crippen LogP) is 2.31. The molecule has 180 valence electrons. The smallest absolute Gasteiger partial charge is 0.234 e. The number of rotatable bonds is 9. The summed E-state index contributed by atoms with van der Waals surface area (Å²) in [6.45, 7) is 4.81. The van der Waals surface area contributed by atoms with E-state index in [1.165, 1.54) is 12.1 Å². The van der Waals surface area contributed by atoms with Gasteiger partial charge in [0.2, 0.25) is 5.91 Å². The normalized spacial score (nSPS) is 20.5. The van der Waals surface area contributed by atoms with Gasteiger partial charge in [0, 0.05) is 45.3 Å². The van der Waals surface area contributed by atoms with Crippen molar-refractivity contribution in [2.24, 2.45) is 0 Å². The van der Waals surface area contributed by atoms with E-state index in [2.05, 4.69) is 21.2 Å². The molecule has 2 aromatic carbocycles. The van der Waals surface area contributed by atoms with E-state index in [0.717, 1.165) is 37.7 Å². The molecule has 0 aromatic heterocycles. The number of nitriles is 1. The fourth-order valence-corrected chi connectivity index (χ4v) is 4.39. The molecule has 34 heavy (non-hydrogen) atoms. The second-order valence-electron chi connectivity index (χ2n) is 8.70. The molecule has 2 unspecified atom stereocenters. The van der Waals surface area contributed by atoms with Gasteiger partial charge in [-0.25, -0.2) is 8.78 Å². The van der Waals surface area contributed by atoms with Gasteiger partial charge in [-0.1, -0.05) is 12.1 Å². The van der Waals surface area contributed by atoms with Crippen LogP contribution >= 0.6 is 0 Å². The number of morpholine rings is 2. The molecule has 1 amide bonds. The quantitative estimate of drug-likeness (QED) is 0.567. The van der Waals surface area contributed by atoms with Crippen LogP contribution in [0.15, 0.2) is 42.5 Å². The second kappa shape index (κ2) is 11.4. The first-order chi connectivity index (χ1) is 16.5. The largest absolute Gasteiger partial charge is 0.490 e. The lowest BCUT2D eigenvalue weighted by molar-refractivity contribution is -0.145. The van der Waals surface area contributed by atoms with Crippen molar-refractivity contribution in [2.75, 3.05) is 45.9 Å². The summed E-state index contributed by atoms with van der Waals surface area (Å²) >= 11 is 0. The summed E-state index contributed by atoms with van der Waals surface area (Å²) in [5.41, 5.74) is 1.55. The highest BCUT2D eigenvalue weighted by Crippen LogP contribution is 2.20. The molecule has 2 saturated heterocycles. The number of carbonyl (C=O) groups excluding carboxylic acids is 1. The van der Waals surface area contributed by atoms with Crippen LogP contribution in [0, 0.1) is 23.0 Å². The molecule has 4 rings (SSSR count). The molecule has 2 bridgehead atoms. The zero-order valence-electron chi connectivity index (χ0n) is 18.9. The van der Waals surface area contributed by atoms with Gasteiger partial charge < -0.3 is 14.8 Å². The van der Waals surface area contributed by atoms with Crippen molar-refractivity contribution in [3.8, 4) is 11.8 Å². The Bertz CT molecular complexity index is 1010. The topological polar surface area (TPSA) is 77.8 Å². The number of carbonyl (C=O) groups is 1. The van der Waals surface area contributed by atoms with Gasteiger partial charge in [0.15, 0.2) is 11.6 Å². The van der Waals surface area contributed by atoms with Gasteiger partial charge in [0.1, 0.15) is 5.82 Å². The Kier molecular flexibility index (Phi) is 8.06. The highest BCUT2D eigenvalue weighted by molar-refractivity contribution is 5.78. The second-order valence-corrected chi connectivity index (χ2v) is 8.70. The predicted molar refractivity (Wildman–Crippen MR) is 121 cm³/mol. The SMILES string of the molecule is N#Cc1ccc(CNC(=O)CN2CC3CN(CCCOc4ccc(F)cc4F)CC(C2)O3)cc1. The van der Waals surface area contributed by atoms with E-state index < -0.39 is 11.6 Å². The van der Waals surface area contributed by atoms with Gasteiger partial charge in [-0.05, 0) is 36.2 Å². The molecule has 7 nitrogen and oxygen atoms in total. The maximum Gasteiger partial charge on any atom is 0.234 e. The number of nitrogens with zero attached hydrogens (tertiary/aromatic N) is 3. The average molecular weight is 471 g/mol. The zero-order valence-corrected chi connectivity index (χ0v) is 18.9. The highest BCUT2D eigenvalue weighted by atomic mass is 19.1. The monoisotopic (exact) mass is 470 g/mol. The lowest BCUT2D eigenvalue weighted by Crippen LogP contribution is -2.60. The van der Waals surface area contributed by atoms with E-state index in [-0.39, 0.29) is 23.9 Å². The number of nitrogens with one attached hydrogen (secondary N) is 1. The molecule has 0 spiro atoms. The van der Waals surface area contributed by atoms with E-state index in [1.807, 2.05) is 12.1 Å². The van der Waals surface area contributed by atoms with Crippen molar-refractivity contribution < 1.29 is 23.0 Å². The lowest BCUT2D eigenvalue weighted by Gasteiger charge is -2.45. The van der Waals surface area contributed by atoms with Crippen molar-refractivity contribution in [2.45, 2.75) is 25.2 Å². The number of hydrogen-bond acceptors (Lipinski definition) is 6. The Hall–Kier alpha value is -3.06. The number of benzene rings is 2. The number of halogens is 2. The maximum absolute atomic E-state index is 13.6. The first kappa shape index (κ1) is 24.1. The van der Waals surface area contributed by atoms with Crippen molar-refractivity contribution >= 4 is 5.91 Å². The molecule has 0 saturated carbocycles. The minimum atomic E-state index is -0.693. The molecule has 2 atom stereocenters. The number of fused-ring (bicyclic) bond motifs is 2. The highest BCUT2D eigenvalue weighted by Gasteiger charge is 2.35. The molecule has 2 aliphatic rings. The number of amides is 1. The van der Waals surface area contributed by atoms with Gasteiger partial charge in [-0.2, -0.15) is 5.26 Å².